The van der Waals surface area contributed by atoms with Crippen molar-refractivity contribution >= 4 is 25.8 Å². The molecule has 1 heterocycles. The Morgan fingerprint density at radius 3 is 2.37 bits per heavy atom. The largest absolute Gasteiger partial charge is 0.478 e. The molecule has 1 unspecified atom stereocenters. The normalized spacial score (nSPS) is 18.1. The van der Waals surface area contributed by atoms with Crippen molar-refractivity contribution in [2.24, 2.45) is 0 Å². The maximum absolute atomic E-state index is 12.9. The highest BCUT2D eigenvalue weighted by molar-refractivity contribution is 7.90. The Morgan fingerprint density at radius 1 is 1.13 bits per heavy atom. The van der Waals surface area contributed by atoms with Gasteiger partial charge in [-0.15, -0.1) is 0 Å². The maximum atomic E-state index is 12.9. The number of benzene rings is 2. The highest BCUT2D eigenvalue weighted by Gasteiger charge is 2.30. The fourth-order valence-corrected chi connectivity index (χ4v) is 5.58. The number of sulfonamides is 1. The number of sulfone groups is 1. The van der Waals surface area contributed by atoms with Crippen LogP contribution in [0.2, 0.25) is 0 Å². The Labute approximate surface area is 175 Å². The second-order valence-electron chi connectivity index (χ2n) is 6.98. The summed E-state index contributed by atoms with van der Waals surface area (Å²) in [6.07, 6.45) is 0.950. The van der Waals surface area contributed by atoms with Gasteiger partial charge >= 0.3 is 5.97 Å². The minimum Gasteiger partial charge on any atom is -0.478 e. The van der Waals surface area contributed by atoms with Gasteiger partial charge in [0.1, 0.15) is 16.4 Å². The third-order valence-corrected chi connectivity index (χ3v) is 7.83. The third-order valence-electron chi connectivity index (χ3n) is 4.69. The number of nitrogens with zero attached hydrogens (tertiary/aromatic N) is 1. The molecule has 0 saturated carbocycles. The van der Waals surface area contributed by atoms with Crippen molar-refractivity contribution < 1.29 is 31.5 Å². The molecule has 2 aromatic carbocycles. The summed E-state index contributed by atoms with van der Waals surface area (Å²) in [4.78, 5) is 11.0. The van der Waals surface area contributed by atoms with Gasteiger partial charge in [0.05, 0.1) is 10.5 Å². The maximum Gasteiger partial charge on any atom is 0.335 e. The average Bonchev–Trinajstić information content (AvgIpc) is 2.68. The number of ether oxygens (including phenoxy) is 1. The van der Waals surface area contributed by atoms with Gasteiger partial charge in [-0.25, -0.2) is 21.6 Å². The average molecular weight is 455 g/mol. The molecule has 1 saturated heterocycles. The highest BCUT2D eigenvalue weighted by atomic mass is 32.2. The van der Waals surface area contributed by atoms with Crippen LogP contribution in [0.25, 0.3) is 0 Å². The zero-order valence-electron chi connectivity index (χ0n) is 16.4. The summed E-state index contributed by atoms with van der Waals surface area (Å²) in [5.74, 6) is -1.09. The summed E-state index contributed by atoms with van der Waals surface area (Å²) in [7, 11) is -7.43. The van der Waals surface area contributed by atoms with E-state index < -0.39 is 25.8 Å². The minimum atomic E-state index is -3.76. The van der Waals surface area contributed by atoms with Crippen molar-refractivity contribution in [3.63, 3.8) is 0 Å². The summed E-state index contributed by atoms with van der Waals surface area (Å²) in [6.45, 7) is 3.34. The molecule has 0 amide bonds. The summed E-state index contributed by atoms with van der Waals surface area (Å²) in [5.41, 5.74) is -0.186. The number of nitrogens with one attached hydrogen (secondary N) is 1. The van der Waals surface area contributed by atoms with Crippen LogP contribution in [0.4, 0.5) is 0 Å². The van der Waals surface area contributed by atoms with Gasteiger partial charge in [0.2, 0.25) is 10.0 Å². The topological polar surface area (TPSA) is 130 Å². The lowest BCUT2D eigenvalue weighted by Gasteiger charge is -2.32. The first-order valence-corrected chi connectivity index (χ1v) is 12.4. The van der Waals surface area contributed by atoms with Gasteiger partial charge in [0.25, 0.3) is 0 Å². The molecule has 0 aromatic heterocycles. The van der Waals surface area contributed by atoms with Gasteiger partial charge in [0.15, 0.2) is 9.84 Å². The summed E-state index contributed by atoms with van der Waals surface area (Å²) in [6, 6.07) is 8.98. The van der Waals surface area contributed by atoms with Crippen LogP contribution < -0.4 is 10.1 Å². The van der Waals surface area contributed by atoms with Crippen molar-refractivity contribution in [2.45, 2.75) is 22.8 Å². The van der Waals surface area contributed by atoms with Gasteiger partial charge in [-0.3, -0.25) is 0 Å². The molecule has 30 heavy (non-hydrogen) atoms. The molecule has 162 valence electrons. The zero-order chi connectivity index (χ0) is 22.1. The molecular formula is C19H22N2O7S2. The van der Waals surface area contributed by atoms with Crippen LogP contribution in [0.15, 0.2) is 52.3 Å². The fourth-order valence-electron chi connectivity index (χ4n) is 3.14. The molecule has 0 aliphatic carbocycles. The molecule has 1 aliphatic heterocycles. The molecule has 1 fully saturated rings. The molecule has 2 N–H and O–H groups in total. The van der Waals surface area contributed by atoms with Crippen LogP contribution in [-0.4, -0.2) is 64.1 Å². The number of hydrogen-bond donors (Lipinski definition) is 2. The first-order valence-electron chi connectivity index (χ1n) is 9.08. The number of aromatic carboxylic acids is 1. The van der Waals surface area contributed by atoms with Gasteiger partial charge in [-0.05, 0) is 49.4 Å². The highest BCUT2D eigenvalue weighted by Crippen LogP contribution is 2.31. The number of piperazine rings is 1. The molecular weight excluding hydrogens is 432 g/mol. The molecule has 2 aromatic rings. The van der Waals surface area contributed by atoms with E-state index in [1.165, 1.54) is 40.7 Å². The first-order chi connectivity index (χ1) is 14.0. The second kappa shape index (κ2) is 8.34. The second-order valence-corrected chi connectivity index (χ2v) is 10.9. The predicted molar refractivity (Wildman–Crippen MR) is 109 cm³/mol. The molecule has 1 atom stereocenters. The number of carbonyl (C=O) groups is 1. The molecule has 0 radical (unpaired) electrons. The van der Waals surface area contributed by atoms with Crippen molar-refractivity contribution in [1.82, 2.24) is 9.62 Å². The molecule has 3 rings (SSSR count). The SMILES string of the molecule is CC1CNCCN1S(=O)(=O)c1ccc(Oc2ccc(C(=O)O)cc2S(C)(=O)=O)cc1. The van der Waals surface area contributed by atoms with Gasteiger partial charge in [-0.1, -0.05) is 0 Å². The predicted octanol–water partition coefficient (Wildman–Crippen LogP) is 1.56. The van der Waals surface area contributed by atoms with E-state index in [0.717, 1.165) is 12.3 Å². The standard InChI is InChI=1S/C19H22N2O7S2/c1-13-12-20-9-10-21(13)30(26,27)16-6-4-15(5-7-16)28-17-8-3-14(19(22)23)11-18(17)29(2,24)25/h3-8,11,13,20H,9-10,12H2,1-2H3,(H,22,23). The minimum absolute atomic E-state index is 0.0474. The number of carboxylic acids is 1. The number of rotatable bonds is 6. The molecule has 9 nitrogen and oxygen atoms in total. The summed E-state index contributed by atoms with van der Waals surface area (Å²) >= 11 is 0. The van der Waals surface area contributed by atoms with Crippen LogP contribution in [0.3, 0.4) is 0 Å². The number of hydrogen-bond acceptors (Lipinski definition) is 7. The molecule has 0 bridgehead atoms. The Kier molecular flexibility index (Phi) is 6.18. The van der Waals surface area contributed by atoms with E-state index >= 15 is 0 Å². The van der Waals surface area contributed by atoms with E-state index in [1.54, 1.807) is 0 Å². The monoisotopic (exact) mass is 454 g/mol. The van der Waals surface area contributed by atoms with Crippen molar-refractivity contribution in [2.75, 3.05) is 25.9 Å². The van der Waals surface area contributed by atoms with Crippen molar-refractivity contribution in [3.8, 4) is 11.5 Å². The Morgan fingerprint density at radius 2 is 1.80 bits per heavy atom. The summed E-state index contributed by atoms with van der Waals surface area (Å²) in [5, 5.41) is 12.2. The van der Waals surface area contributed by atoms with E-state index in [2.05, 4.69) is 5.32 Å². The van der Waals surface area contributed by atoms with Crippen LogP contribution >= 0.6 is 0 Å². The quantitative estimate of drug-likeness (QED) is 0.673. The lowest BCUT2D eigenvalue weighted by atomic mass is 10.2. The Hall–Kier alpha value is -2.47. The first kappa shape index (κ1) is 22.2. The Bertz CT molecular complexity index is 1160. The third kappa shape index (κ3) is 4.64. The van der Waals surface area contributed by atoms with Crippen molar-refractivity contribution in [3.05, 3.63) is 48.0 Å². The van der Waals surface area contributed by atoms with Crippen LogP contribution in [0.1, 0.15) is 17.3 Å². The Balaban J connectivity index is 1.89. The smallest absolute Gasteiger partial charge is 0.335 e. The van der Waals surface area contributed by atoms with E-state index in [-0.39, 0.29) is 32.9 Å². The lowest BCUT2D eigenvalue weighted by Crippen LogP contribution is -2.52. The zero-order valence-corrected chi connectivity index (χ0v) is 18.0. The number of carboxylic acid groups (broad SMARTS) is 1. The van der Waals surface area contributed by atoms with Crippen LogP contribution in [-0.2, 0) is 19.9 Å². The molecule has 11 heteroatoms. The molecule has 0 spiro atoms. The van der Waals surface area contributed by atoms with Crippen LogP contribution in [0, 0.1) is 0 Å². The summed E-state index contributed by atoms with van der Waals surface area (Å²) < 4.78 is 56.9. The molecule has 1 aliphatic rings. The van der Waals surface area contributed by atoms with Crippen LogP contribution in [0.5, 0.6) is 11.5 Å². The van der Waals surface area contributed by atoms with E-state index in [4.69, 9.17) is 9.84 Å². The van der Waals surface area contributed by atoms with Crippen molar-refractivity contribution in [1.29, 1.82) is 0 Å². The van der Waals surface area contributed by atoms with E-state index in [1.807, 2.05) is 6.92 Å². The van der Waals surface area contributed by atoms with E-state index in [9.17, 15) is 21.6 Å². The van der Waals surface area contributed by atoms with Gasteiger partial charge in [-0.2, -0.15) is 4.31 Å². The lowest BCUT2D eigenvalue weighted by molar-refractivity contribution is 0.0696. The van der Waals surface area contributed by atoms with Gasteiger partial charge in [0, 0.05) is 31.9 Å². The van der Waals surface area contributed by atoms with E-state index in [0.29, 0.717) is 19.6 Å². The fraction of sp³-hybridized carbons (Fsp3) is 0.316. The van der Waals surface area contributed by atoms with Gasteiger partial charge < -0.3 is 15.2 Å².